The third-order valence-corrected chi connectivity index (χ3v) is 7.59. The van der Waals surface area contributed by atoms with Gasteiger partial charge in [0.15, 0.2) is 5.78 Å². The Morgan fingerprint density at radius 2 is 2.13 bits per heavy atom. The Labute approximate surface area is 139 Å². The van der Waals surface area contributed by atoms with Gasteiger partial charge in [-0.05, 0) is 68.3 Å². The fraction of sp³-hybridized carbons (Fsp3) is 0.667. The highest BCUT2D eigenvalue weighted by Gasteiger charge is 2.62. The van der Waals surface area contributed by atoms with Gasteiger partial charge in [0.1, 0.15) is 5.60 Å². The maximum atomic E-state index is 11.8. The zero-order valence-electron chi connectivity index (χ0n) is 14.0. The zero-order chi connectivity index (χ0) is 16.4. The number of fused-ring (bicyclic) bond motifs is 5. The van der Waals surface area contributed by atoms with E-state index in [1.165, 1.54) is 11.1 Å². The van der Waals surface area contributed by atoms with Crippen LogP contribution in [0.25, 0.3) is 0 Å². The molecule has 0 heterocycles. The number of ketones is 1. The molecule has 0 saturated heterocycles. The van der Waals surface area contributed by atoms with Crippen LogP contribution >= 0.6 is 0 Å². The van der Waals surface area contributed by atoms with Gasteiger partial charge >= 0.3 is 0 Å². The summed E-state index contributed by atoms with van der Waals surface area (Å²) in [5.74, 6) is 5.05. The summed E-state index contributed by atoms with van der Waals surface area (Å²) in [4.78, 5) is 11.8. The molecule has 0 radical (unpaired) electrons. The lowest BCUT2D eigenvalue weighted by Crippen LogP contribution is -2.52. The van der Waals surface area contributed by atoms with E-state index in [4.69, 9.17) is 6.42 Å². The summed E-state index contributed by atoms with van der Waals surface area (Å²) in [5.41, 5.74) is 1.40. The van der Waals surface area contributed by atoms with Gasteiger partial charge in [0.05, 0.1) is 0 Å². The van der Waals surface area contributed by atoms with Crippen molar-refractivity contribution in [2.24, 2.45) is 29.1 Å². The number of rotatable bonds is 0. The smallest absolute Gasteiger partial charge is 0.155 e. The minimum atomic E-state index is -0.982. The highest BCUT2D eigenvalue weighted by Crippen LogP contribution is 2.65. The molecular weight excluding hydrogens is 284 g/mol. The van der Waals surface area contributed by atoms with Crippen LogP contribution < -0.4 is 0 Å². The number of hydrogen-bond donors (Lipinski definition) is 1. The third-order valence-electron chi connectivity index (χ3n) is 7.59. The van der Waals surface area contributed by atoms with Crippen molar-refractivity contribution in [2.45, 2.75) is 57.5 Å². The van der Waals surface area contributed by atoms with Gasteiger partial charge in [-0.2, -0.15) is 0 Å². The molecule has 0 unspecified atom stereocenters. The summed E-state index contributed by atoms with van der Waals surface area (Å²) in [5, 5.41) is 11.0. The number of hydrogen-bond acceptors (Lipinski definition) is 2. The van der Waals surface area contributed by atoms with Crippen molar-refractivity contribution in [2.75, 3.05) is 0 Å². The Morgan fingerprint density at radius 3 is 2.87 bits per heavy atom. The molecule has 23 heavy (non-hydrogen) atoms. The predicted octanol–water partition coefficient (Wildman–Crippen LogP) is 3.66. The topological polar surface area (TPSA) is 37.3 Å². The maximum Gasteiger partial charge on any atom is 0.155 e. The van der Waals surface area contributed by atoms with E-state index in [0.29, 0.717) is 42.3 Å². The first-order valence-electron chi connectivity index (χ1n) is 9.01. The molecule has 2 heteroatoms. The van der Waals surface area contributed by atoms with Crippen molar-refractivity contribution in [1.82, 2.24) is 0 Å². The van der Waals surface area contributed by atoms with E-state index in [0.717, 1.165) is 32.1 Å². The third kappa shape index (κ3) is 1.89. The van der Waals surface area contributed by atoms with Crippen LogP contribution in [0.4, 0.5) is 0 Å². The second-order valence-corrected chi connectivity index (χ2v) is 8.46. The molecule has 0 bridgehead atoms. The lowest BCUT2D eigenvalue weighted by molar-refractivity contribution is -0.116. The first-order valence-corrected chi connectivity index (χ1v) is 9.01. The van der Waals surface area contributed by atoms with E-state index in [-0.39, 0.29) is 5.41 Å². The second kappa shape index (κ2) is 4.84. The van der Waals surface area contributed by atoms with E-state index in [2.05, 4.69) is 19.4 Å². The van der Waals surface area contributed by atoms with Gasteiger partial charge in [-0.25, -0.2) is 0 Å². The summed E-state index contributed by atoms with van der Waals surface area (Å²) >= 11 is 0. The molecule has 4 rings (SSSR count). The highest BCUT2D eigenvalue weighted by atomic mass is 16.3. The van der Waals surface area contributed by atoms with E-state index >= 15 is 0 Å². The van der Waals surface area contributed by atoms with Crippen LogP contribution in [0.5, 0.6) is 0 Å². The van der Waals surface area contributed by atoms with Gasteiger partial charge in [-0.1, -0.05) is 30.6 Å². The van der Waals surface area contributed by atoms with Crippen LogP contribution in [0.2, 0.25) is 0 Å². The Kier molecular flexibility index (Phi) is 3.20. The molecule has 0 aromatic heterocycles. The number of carbonyl (C=O) groups excluding carboxylic acids is 1. The molecule has 1 N–H and O–H groups in total. The van der Waals surface area contributed by atoms with Crippen LogP contribution in [0.1, 0.15) is 51.9 Å². The molecule has 4 aliphatic carbocycles. The summed E-state index contributed by atoms with van der Waals surface area (Å²) in [6.07, 6.45) is 14.0. The summed E-state index contributed by atoms with van der Waals surface area (Å²) in [6, 6.07) is 0. The number of carbonyl (C=O) groups is 1. The molecule has 0 aliphatic heterocycles. The van der Waals surface area contributed by atoms with Crippen molar-refractivity contribution in [1.29, 1.82) is 0 Å². The molecule has 3 fully saturated rings. The van der Waals surface area contributed by atoms with Crippen LogP contribution in [-0.2, 0) is 4.79 Å². The van der Waals surface area contributed by atoms with E-state index in [1.54, 1.807) is 0 Å². The van der Waals surface area contributed by atoms with Crippen LogP contribution in [-0.4, -0.2) is 16.5 Å². The van der Waals surface area contributed by atoms with Crippen molar-refractivity contribution < 1.29 is 9.90 Å². The Bertz CT molecular complexity index is 651. The molecule has 3 saturated carbocycles. The molecular formula is C21H26O2. The van der Waals surface area contributed by atoms with Crippen LogP contribution in [0.3, 0.4) is 0 Å². The second-order valence-electron chi connectivity index (χ2n) is 8.46. The molecule has 0 aromatic rings. The van der Waals surface area contributed by atoms with Gasteiger partial charge in [0.2, 0.25) is 0 Å². The van der Waals surface area contributed by atoms with Gasteiger partial charge in [-0.3, -0.25) is 4.79 Å². The summed E-state index contributed by atoms with van der Waals surface area (Å²) < 4.78 is 0. The Balaban J connectivity index is 1.72. The van der Waals surface area contributed by atoms with Crippen molar-refractivity contribution in [3.8, 4) is 12.3 Å². The number of aliphatic hydroxyl groups is 1. The lowest BCUT2D eigenvalue weighted by atomic mass is 9.49. The average molecular weight is 310 g/mol. The molecule has 122 valence electrons. The van der Waals surface area contributed by atoms with Gasteiger partial charge in [0.25, 0.3) is 0 Å². The fourth-order valence-corrected chi connectivity index (χ4v) is 6.45. The Hall–Kier alpha value is -1.33. The van der Waals surface area contributed by atoms with Crippen molar-refractivity contribution in [3.63, 3.8) is 0 Å². The number of allylic oxidation sites excluding steroid dienone is 2. The molecule has 0 aromatic carbocycles. The maximum absolute atomic E-state index is 11.8. The molecule has 0 amide bonds. The van der Waals surface area contributed by atoms with E-state index in [9.17, 15) is 9.90 Å². The standard InChI is InChI=1S/C21H26O2/c1-4-21(23)10-9-18-17-7-5-14-11-15(22)6-8-16(14)19(17)13(2)12-20(18,21)3/h1,11,16-19,23H,2,5-10,12H2,3H3/t16-,17-,18+,19-,20+,21+/m0/s1. The van der Waals surface area contributed by atoms with E-state index < -0.39 is 5.60 Å². The lowest BCUT2D eigenvalue weighted by Gasteiger charge is -2.55. The molecule has 2 nitrogen and oxygen atoms in total. The van der Waals surface area contributed by atoms with Crippen LogP contribution in [0, 0.1) is 41.4 Å². The molecule has 6 atom stereocenters. The van der Waals surface area contributed by atoms with E-state index in [1.807, 2.05) is 6.08 Å². The van der Waals surface area contributed by atoms with Crippen molar-refractivity contribution in [3.05, 3.63) is 23.8 Å². The molecule has 4 aliphatic rings. The van der Waals surface area contributed by atoms with Crippen LogP contribution in [0.15, 0.2) is 23.8 Å². The fourth-order valence-electron chi connectivity index (χ4n) is 6.45. The summed E-state index contributed by atoms with van der Waals surface area (Å²) in [6.45, 7) is 6.60. The largest absolute Gasteiger partial charge is 0.377 e. The van der Waals surface area contributed by atoms with Gasteiger partial charge in [0, 0.05) is 11.8 Å². The first kappa shape index (κ1) is 15.2. The monoisotopic (exact) mass is 310 g/mol. The van der Waals surface area contributed by atoms with Gasteiger partial charge in [-0.15, -0.1) is 6.42 Å². The quantitative estimate of drug-likeness (QED) is 0.548. The number of terminal acetylenes is 1. The normalized spacial score (nSPS) is 48.8. The first-order chi connectivity index (χ1) is 10.9. The highest BCUT2D eigenvalue weighted by molar-refractivity contribution is 5.91. The summed E-state index contributed by atoms with van der Waals surface area (Å²) in [7, 11) is 0. The zero-order valence-corrected chi connectivity index (χ0v) is 14.0. The Morgan fingerprint density at radius 1 is 1.35 bits per heavy atom. The predicted molar refractivity (Wildman–Crippen MR) is 90.4 cm³/mol. The average Bonchev–Trinajstić information content (AvgIpc) is 2.78. The van der Waals surface area contributed by atoms with Gasteiger partial charge < -0.3 is 5.11 Å². The molecule has 0 spiro atoms. The minimum absolute atomic E-state index is 0.230. The minimum Gasteiger partial charge on any atom is -0.377 e. The van der Waals surface area contributed by atoms with Crippen molar-refractivity contribution >= 4 is 5.78 Å². The SMILES string of the molecule is C#C[C@@]1(O)CC[C@@H]2[C@@H]3CCC4=CC(=O)CC[C@@H]4[C@@H]3C(=C)C[C@]21C.